The third kappa shape index (κ3) is 5.50. The van der Waals surface area contributed by atoms with Gasteiger partial charge in [-0.15, -0.1) is 0 Å². The Morgan fingerprint density at radius 1 is 0.929 bits per heavy atom. The minimum absolute atomic E-state index is 0.0921. The zero-order valence-electron chi connectivity index (χ0n) is 23.5. The topological polar surface area (TPSA) is 109 Å². The van der Waals surface area contributed by atoms with Crippen LogP contribution >= 0.6 is 0 Å². The number of piperidine rings is 1. The lowest BCUT2D eigenvalue weighted by molar-refractivity contribution is 0.443. The maximum absolute atomic E-state index is 14.0. The van der Waals surface area contributed by atoms with Crippen molar-refractivity contribution in [1.29, 1.82) is 0 Å². The van der Waals surface area contributed by atoms with Crippen LogP contribution in [-0.4, -0.2) is 55.4 Å². The Morgan fingerprint density at radius 3 is 2.33 bits per heavy atom. The van der Waals surface area contributed by atoms with Gasteiger partial charge in [-0.05, 0) is 74.5 Å². The number of hydrogen-bond donors (Lipinski definition) is 2. The summed E-state index contributed by atoms with van der Waals surface area (Å²) >= 11 is 0. The van der Waals surface area contributed by atoms with Crippen molar-refractivity contribution in [2.45, 2.75) is 23.8 Å². The SMILES string of the molecule is CN(c1ccc(Nc2ncc3cc(-c4ccccc4S(C)(=O)=O)c(=O)n(-c4ccccc4)c3n2)cc1)C1CCNCC1. The zero-order valence-corrected chi connectivity index (χ0v) is 24.3. The van der Waals surface area contributed by atoms with Gasteiger partial charge in [0.1, 0.15) is 0 Å². The maximum atomic E-state index is 14.0. The molecule has 6 rings (SSSR count). The summed E-state index contributed by atoms with van der Waals surface area (Å²) in [6, 6.07) is 26.1. The van der Waals surface area contributed by atoms with Crippen molar-refractivity contribution in [3.8, 4) is 16.8 Å². The summed E-state index contributed by atoms with van der Waals surface area (Å²) in [5.41, 5.74) is 3.21. The van der Waals surface area contributed by atoms with Crippen LogP contribution in [0.1, 0.15) is 12.8 Å². The van der Waals surface area contributed by atoms with Crippen molar-refractivity contribution >= 4 is 38.2 Å². The highest BCUT2D eigenvalue weighted by Crippen LogP contribution is 2.29. The molecule has 0 spiro atoms. The van der Waals surface area contributed by atoms with Gasteiger partial charge in [-0.25, -0.2) is 13.4 Å². The van der Waals surface area contributed by atoms with Crippen molar-refractivity contribution in [2.75, 3.05) is 36.6 Å². The number of anilines is 3. The van der Waals surface area contributed by atoms with E-state index < -0.39 is 9.84 Å². The lowest BCUT2D eigenvalue weighted by Gasteiger charge is -2.33. The monoisotopic (exact) mass is 580 g/mol. The van der Waals surface area contributed by atoms with Gasteiger partial charge in [-0.3, -0.25) is 9.36 Å². The Balaban J connectivity index is 1.40. The molecule has 3 aromatic carbocycles. The highest BCUT2D eigenvalue weighted by Gasteiger charge is 2.21. The van der Waals surface area contributed by atoms with Crippen molar-refractivity contribution in [1.82, 2.24) is 19.9 Å². The first kappa shape index (κ1) is 27.6. The second-order valence-corrected chi connectivity index (χ2v) is 12.5. The number of pyridine rings is 1. The Bertz CT molecular complexity index is 1900. The number of benzene rings is 3. The van der Waals surface area contributed by atoms with Crippen molar-refractivity contribution < 1.29 is 8.42 Å². The molecule has 2 aromatic heterocycles. The molecule has 42 heavy (non-hydrogen) atoms. The van der Waals surface area contributed by atoms with Crippen LogP contribution in [0.4, 0.5) is 17.3 Å². The van der Waals surface area contributed by atoms with Gasteiger partial charge in [0, 0.05) is 53.4 Å². The molecular formula is C32H32N6O3S. The summed E-state index contributed by atoms with van der Waals surface area (Å²) in [6.45, 7) is 2.07. The van der Waals surface area contributed by atoms with E-state index in [0.29, 0.717) is 34.3 Å². The third-order valence-corrected chi connectivity index (χ3v) is 8.87. The van der Waals surface area contributed by atoms with Crippen LogP contribution in [0.25, 0.3) is 27.8 Å². The molecule has 2 N–H and O–H groups in total. The number of sulfone groups is 1. The van der Waals surface area contributed by atoms with Gasteiger partial charge in [0.05, 0.1) is 10.6 Å². The molecule has 9 nitrogen and oxygen atoms in total. The first-order chi connectivity index (χ1) is 20.3. The van der Waals surface area contributed by atoms with Crippen molar-refractivity contribution in [2.24, 2.45) is 0 Å². The predicted molar refractivity (Wildman–Crippen MR) is 168 cm³/mol. The minimum Gasteiger partial charge on any atom is -0.372 e. The second kappa shape index (κ2) is 11.4. The molecule has 0 amide bonds. The van der Waals surface area contributed by atoms with Crippen molar-refractivity contribution in [3.63, 3.8) is 0 Å². The molecule has 214 valence electrons. The van der Waals surface area contributed by atoms with Gasteiger partial charge in [0.2, 0.25) is 5.95 Å². The fraction of sp³-hybridized carbons (Fsp3) is 0.219. The molecule has 1 fully saturated rings. The quantitative estimate of drug-likeness (QED) is 0.283. The first-order valence-corrected chi connectivity index (χ1v) is 15.8. The molecule has 0 unspecified atom stereocenters. The largest absolute Gasteiger partial charge is 0.372 e. The summed E-state index contributed by atoms with van der Waals surface area (Å²) in [5.74, 6) is 0.343. The zero-order chi connectivity index (χ0) is 29.3. The van der Waals surface area contributed by atoms with E-state index in [9.17, 15) is 13.2 Å². The number of fused-ring (bicyclic) bond motifs is 1. The van der Waals surface area contributed by atoms with Gasteiger partial charge in [-0.2, -0.15) is 4.98 Å². The fourth-order valence-electron chi connectivity index (χ4n) is 5.49. The second-order valence-electron chi connectivity index (χ2n) is 10.5. The highest BCUT2D eigenvalue weighted by molar-refractivity contribution is 7.90. The normalized spacial score (nSPS) is 14.1. The fourth-order valence-corrected chi connectivity index (χ4v) is 6.40. The van der Waals surface area contributed by atoms with E-state index in [0.717, 1.165) is 43.6 Å². The third-order valence-electron chi connectivity index (χ3n) is 7.72. The van der Waals surface area contributed by atoms with Gasteiger partial charge in [-0.1, -0.05) is 36.4 Å². The van der Waals surface area contributed by atoms with Gasteiger partial charge >= 0.3 is 0 Å². The average molecular weight is 581 g/mol. The van der Waals surface area contributed by atoms with Crippen LogP contribution in [0.2, 0.25) is 0 Å². The van der Waals surface area contributed by atoms with Gasteiger partial charge in [0.25, 0.3) is 5.56 Å². The molecule has 0 bridgehead atoms. The molecule has 1 saturated heterocycles. The number of para-hydroxylation sites is 1. The van der Waals surface area contributed by atoms with E-state index in [1.54, 1.807) is 30.5 Å². The van der Waals surface area contributed by atoms with E-state index >= 15 is 0 Å². The van der Waals surface area contributed by atoms with Crippen LogP contribution < -0.4 is 21.1 Å². The van der Waals surface area contributed by atoms with Crippen LogP contribution in [0.3, 0.4) is 0 Å². The summed E-state index contributed by atoms with van der Waals surface area (Å²) in [6.07, 6.45) is 5.02. The minimum atomic E-state index is -3.58. The van der Waals surface area contributed by atoms with E-state index in [1.165, 1.54) is 10.6 Å². The molecule has 3 heterocycles. The van der Waals surface area contributed by atoms with E-state index in [1.807, 2.05) is 42.5 Å². The van der Waals surface area contributed by atoms with Gasteiger partial charge in [0.15, 0.2) is 15.5 Å². The molecule has 1 aliphatic rings. The van der Waals surface area contributed by atoms with Crippen LogP contribution in [0.5, 0.6) is 0 Å². The molecule has 5 aromatic rings. The van der Waals surface area contributed by atoms with Crippen LogP contribution in [0, 0.1) is 0 Å². The van der Waals surface area contributed by atoms with E-state index in [-0.39, 0.29) is 16.0 Å². The van der Waals surface area contributed by atoms with E-state index in [4.69, 9.17) is 4.98 Å². The summed E-state index contributed by atoms with van der Waals surface area (Å²) < 4.78 is 26.6. The lowest BCUT2D eigenvalue weighted by atomic mass is 10.0. The number of hydrogen-bond acceptors (Lipinski definition) is 8. The van der Waals surface area contributed by atoms with Crippen LogP contribution in [0.15, 0.2) is 101 Å². The highest BCUT2D eigenvalue weighted by atomic mass is 32.2. The molecule has 0 radical (unpaired) electrons. The Labute approximate surface area is 244 Å². The lowest BCUT2D eigenvalue weighted by Crippen LogP contribution is -2.41. The number of nitrogens with zero attached hydrogens (tertiary/aromatic N) is 4. The molecular weight excluding hydrogens is 548 g/mol. The maximum Gasteiger partial charge on any atom is 0.264 e. The number of rotatable bonds is 7. The molecule has 0 aliphatic carbocycles. The first-order valence-electron chi connectivity index (χ1n) is 13.9. The summed E-state index contributed by atoms with van der Waals surface area (Å²) in [7, 11) is -1.45. The smallest absolute Gasteiger partial charge is 0.264 e. The van der Waals surface area contributed by atoms with Crippen molar-refractivity contribution in [3.05, 3.63) is 101 Å². The Morgan fingerprint density at radius 2 is 1.62 bits per heavy atom. The van der Waals surface area contributed by atoms with E-state index in [2.05, 4.69) is 39.7 Å². The molecule has 0 saturated carbocycles. The molecule has 10 heteroatoms. The predicted octanol–water partition coefficient (Wildman–Crippen LogP) is 4.78. The Kier molecular flexibility index (Phi) is 7.49. The standard InChI is InChI=1S/C32H32N6O3S/c1-37(25-16-18-33-19-17-25)24-14-12-23(13-15-24)35-32-34-21-22-20-28(27-10-6-7-11-29(27)42(2,40)41)31(39)38(30(22)36-32)26-8-4-3-5-9-26/h3-15,20-21,25,33H,16-19H2,1-2H3,(H,34,35,36). The number of aromatic nitrogens is 3. The summed E-state index contributed by atoms with van der Waals surface area (Å²) in [5, 5.41) is 7.28. The number of nitrogens with one attached hydrogen (secondary N) is 2. The van der Waals surface area contributed by atoms with Gasteiger partial charge < -0.3 is 15.5 Å². The molecule has 1 aliphatic heterocycles. The summed E-state index contributed by atoms with van der Waals surface area (Å²) in [4.78, 5) is 25.7. The molecule has 0 atom stereocenters. The average Bonchev–Trinajstić information content (AvgIpc) is 3.01. The van der Waals surface area contributed by atoms with Crippen LogP contribution in [-0.2, 0) is 9.84 Å². The Hall–Kier alpha value is -4.54.